The normalized spacial score (nSPS) is 28.8. The van der Waals surface area contributed by atoms with Crippen LogP contribution in [0.3, 0.4) is 0 Å². The molecule has 0 aromatic rings. The zero-order valence-electron chi connectivity index (χ0n) is 11.5. The summed E-state index contributed by atoms with van der Waals surface area (Å²) in [5.41, 5.74) is 0. The van der Waals surface area contributed by atoms with Gasteiger partial charge in [0, 0.05) is 17.4 Å². The Morgan fingerprint density at radius 2 is 2.06 bits per heavy atom. The summed E-state index contributed by atoms with van der Waals surface area (Å²) in [6, 6.07) is 0.592. The summed E-state index contributed by atoms with van der Waals surface area (Å²) in [6.07, 6.45) is 3.85. The first-order chi connectivity index (χ1) is 8.66. The number of amides is 2. The Balaban J connectivity index is 0.000000771. The van der Waals surface area contributed by atoms with Gasteiger partial charge in [-0.15, -0.1) is 0 Å². The first-order valence-corrected chi connectivity index (χ1v) is 7.90. The van der Waals surface area contributed by atoms with Crippen LogP contribution in [0.1, 0.15) is 46.5 Å². The van der Waals surface area contributed by atoms with E-state index in [0.29, 0.717) is 23.8 Å². The molecular formula is C13H24N2O2S. The molecule has 0 aliphatic carbocycles. The van der Waals surface area contributed by atoms with Crippen LogP contribution in [-0.4, -0.2) is 34.9 Å². The highest BCUT2D eigenvalue weighted by molar-refractivity contribution is 8.00. The predicted octanol–water partition coefficient (Wildman–Crippen LogP) is 2.33. The molecule has 2 rings (SSSR count). The summed E-state index contributed by atoms with van der Waals surface area (Å²) in [5, 5.41) is 6.43. The molecule has 3 atom stereocenters. The Kier molecular flexibility index (Phi) is 6.54. The van der Waals surface area contributed by atoms with Crippen molar-refractivity contribution in [3.63, 3.8) is 0 Å². The number of urea groups is 1. The van der Waals surface area contributed by atoms with Gasteiger partial charge in [-0.25, -0.2) is 4.79 Å². The largest absolute Gasteiger partial charge is 0.332 e. The van der Waals surface area contributed by atoms with Gasteiger partial charge >= 0.3 is 6.03 Å². The lowest BCUT2D eigenvalue weighted by molar-refractivity contribution is -0.117. The summed E-state index contributed by atoms with van der Waals surface area (Å²) in [7, 11) is 0. The second-order valence-corrected chi connectivity index (χ2v) is 5.84. The molecule has 0 bridgehead atoms. The maximum Gasteiger partial charge on any atom is 0.315 e. The van der Waals surface area contributed by atoms with E-state index in [1.54, 1.807) is 6.92 Å². The first kappa shape index (κ1) is 15.3. The summed E-state index contributed by atoms with van der Waals surface area (Å²) in [4.78, 5) is 21.9. The lowest BCUT2D eigenvalue weighted by Gasteiger charge is -2.16. The smallest absolute Gasteiger partial charge is 0.315 e. The second-order valence-electron chi connectivity index (χ2n) is 4.57. The molecule has 2 fully saturated rings. The van der Waals surface area contributed by atoms with E-state index in [1.807, 2.05) is 25.6 Å². The van der Waals surface area contributed by atoms with E-state index in [0.717, 1.165) is 25.0 Å². The molecule has 0 spiro atoms. The topological polar surface area (TPSA) is 58.2 Å². The minimum atomic E-state index is -0.0240. The van der Waals surface area contributed by atoms with Gasteiger partial charge in [-0.3, -0.25) is 0 Å². The van der Waals surface area contributed by atoms with Crippen molar-refractivity contribution in [1.82, 2.24) is 10.6 Å². The van der Waals surface area contributed by atoms with Crippen LogP contribution in [-0.2, 0) is 4.79 Å². The molecular weight excluding hydrogens is 248 g/mol. The molecule has 2 N–H and O–H groups in total. The number of fused-ring (bicyclic) bond motifs is 1. The number of hydrogen-bond acceptors (Lipinski definition) is 3. The number of unbranched alkanes of at least 4 members (excludes halogenated alkanes) is 1. The molecule has 2 amide bonds. The summed E-state index contributed by atoms with van der Waals surface area (Å²) in [6.45, 7) is 5.64. The number of carbonyl (C=O) groups is 2. The van der Waals surface area contributed by atoms with Crippen molar-refractivity contribution < 1.29 is 9.59 Å². The predicted molar refractivity (Wildman–Crippen MR) is 76.0 cm³/mol. The molecule has 5 heteroatoms. The van der Waals surface area contributed by atoms with Crippen LogP contribution in [0.25, 0.3) is 0 Å². The number of thioether (sulfide) groups is 1. The zero-order chi connectivity index (χ0) is 13.5. The Bertz CT molecular complexity index is 297. The summed E-state index contributed by atoms with van der Waals surface area (Å²) >= 11 is 1.93. The van der Waals surface area contributed by atoms with Crippen LogP contribution in [0.2, 0.25) is 0 Å². The quantitative estimate of drug-likeness (QED) is 0.596. The Morgan fingerprint density at radius 3 is 2.72 bits per heavy atom. The molecule has 2 unspecified atom stereocenters. The average Bonchev–Trinajstić information content (AvgIpc) is 2.87. The van der Waals surface area contributed by atoms with E-state index < -0.39 is 0 Å². The van der Waals surface area contributed by atoms with Crippen molar-refractivity contribution in [3.8, 4) is 0 Å². The number of hydrogen-bond donors (Lipinski definition) is 2. The summed E-state index contributed by atoms with van der Waals surface area (Å²) in [5.74, 6) is 1.29. The molecule has 0 radical (unpaired) electrons. The van der Waals surface area contributed by atoms with E-state index in [9.17, 15) is 9.59 Å². The molecule has 0 aromatic heterocycles. The van der Waals surface area contributed by atoms with E-state index in [-0.39, 0.29) is 11.8 Å². The molecule has 0 saturated carbocycles. The molecule has 104 valence electrons. The monoisotopic (exact) mass is 272 g/mol. The fourth-order valence-corrected chi connectivity index (χ4v) is 3.91. The highest BCUT2D eigenvalue weighted by Crippen LogP contribution is 2.33. The van der Waals surface area contributed by atoms with Gasteiger partial charge in [-0.05, 0) is 19.8 Å². The van der Waals surface area contributed by atoms with Crippen molar-refractivity contribution >= 4 is 23.6 Å². The molecule has 0 aromatic carbocycles. The van der Waals surface area contributed by atoms with Gasteiger partial charge < -0.3 is 15.4 Å². The molecule has 2 aliphatic rings. The average molecular weight is 272 g/mol. The van der Waals surface area contributed by atoms with E-state index in [2.05, 4.69) is 10.6 Å². The molecule has 18 heavy (non-hydrogen) atoms. The fourth-order valence-electron chi connectivity index (χ4n) is 2.36. The standard InChI is InChI=1S/C11H18N2O2S.C2H6/c1-7(14)4-2-3-5-9-10-8(6-16-9)12-11(15)13-10;1-2/h8-10H,2-6H2,1H3,(H2,12,13,15);1-2H3/t8?,9-,10?;/m0./s1. The number of ketones is 1. The molecule has 2 aliphatic heterocycles. The number of nitrogens with one attached hydrogen (secondary N) is 2. The van der Waals surface area contributed by atoms with Crippen LogP contribution >= 0.6 is 11.8 Å². The van der Waals surface area contributed by atoms with Crippen LogP contribution in [0, 0.1) is 0 Å². The van der Waals surface area contributed by atoms with Gasteiger partial charge in [0.15, 0.2) is 0 Å². The molecule has 4 nitrogen and oxygen atoms in total. The fraction of sp³-hybridized carbons (Fsp3) is 0.846. The van der Waals surface area contributed by atoms with Gasteiger partial charge in [0.1, 0.15) is 5.78 Å². The van der Waals surface area contributed by atoms with Crippen molar-refractivity contribution in [1.29, 1.82) is 0 Å². The van der Waals surface area contributed by atoms with Crippen LogP contribution < -0.4 is 10.6 Å². The van der Waals surface area contributed by atoms with E-state index in [1.165, 1.54) is 0 Å². The van der Waals surface area contributed by atoms with Crippen LogP contribution in [0.4, 0.5) is 4.79 Å². The number of carbonyl (C=O) groups excluding carboxylic acids is 2. The van der Waals surface area contributed by atoms with Crippen LogP contribution in [0.15, 0.2) is 0 Å². The van der Waals surface area contributed by atoms with Crippen molar-refractivity contribution in [2.45, 2.75) is 63.8 Å². The van der Waals surface area contributed by atoms with Gasteiger partial charge in [-0.1, -0.05) is 20.3 Å². The maximum atomic E-state index is 11.1. The molecule has 2 saturated heterocycles. The minimum absolute atomic E-state index is 0.0240. The number of Topliss-reactive ketones (excluding diaryl/α,β-unsaturated/α-hetero) is 1. The SMILES string of the molecule is CC.CC(=O)CCCC[C@@H]1SCC2NC(=O)NC21. The highest BCUT2D eigenvalue weighted by atomic mass is 32.2. The van der Waals surface area contributed by atoms with Gasteiger partial charge in [-0.2, -0.15) is 11.8 Å². The molecule has 2 heterocycles. The Labute approximate surface area is 114 Å². The van der Waals surface area contributed by atoms with Crippen molar-refractivity contribution in [2.75, 3.05) is 5.75 Å². The zero-order valence-corrected chi connectivity index (χ0v) is 12.3. The van der Waals surface area contributed by atoms with Gasteiger partial charge in [0.05, 0.1) is 12.1 Å². The van der Waals surface area contributed by atoms with Crippen molar-refractivity contribution in [2.24, 2.45) is 0 Å². The minimum Gasteiger partial charge on any atom is -0.332 e. The van der Waals surface area contributed by atoms with E-state index >= 15 is 0 Å². The third-order valence-electron chi connectivity index (χ3n) is 3.21. The third kappa shape index (κ3) is 4.19. The van der Waals surface area contributed by atoms with Crippen LogP contribution in [0.5, 0.6) is 0 Å². The lowest BCUT2D eigenvalue weighted by atomic mass is 10.0. The Hall–Kier alpha value is -0.710. The van der Waals surface area contributed by atoms with Gasteiger partial charge in [0.2, 0.25) is 0 Å². The first-order valence-electron chi connectivity index (χ1n) is 6.85. The number of rotatable bonds is 5. The third-order valence-corrected chi connectivity index (χ3v) is 4.71. The lowest BCUT2D eigenvalue weighted by Crippen LogP contribution is -2.36. The van der Waals surface area contributed by atoms with E-state index in [4.69, 9.17) is 0 Å². The summed E-state index contributed by atoms with van der Waals surface area (Å²) < 4.78 is 0. The van der Waals surface area contributed by atoms with Gasteiger partial charge in [0.25, 0.3) is 0 Å². The van der Waals surface area contributed by atoms with Crippen molar-refractivity contribution in [3.05, 3.63) is 0 Å². The maximum absolute atomic E-state index is 11.1. The highest BCUT2D eigenvalue weighted by Gasteiger charge is 2.42. The second kappa shape index (κ2) is 7.67. The Morgan fingerprint density at radius 1 is 1.33 bits per heavy atom.